The summed E-state index contributed by atoms with van der Waals surface area (Å²) in [6.45, 7) is 5.69. The van der Waals surface area contributed by atoms with E-state index in [0.29, 0.717) is 10.2 Å². The number of hydrogen-bond acceptors (Lipinski definition) is 3. The SMILES string of the molecule is Cc1nn(C(C)C)c(CS(N)(=O)=O)c1Br. The minimum atomic E-state index is -3.53. The zero-order valence-electron chi connectivity index (χ0n) is 8.86. The molecule has 7 heteroatoms. The summed E-state index contributed by atoms with van der Waals surface area (Å²) in [5.74, 6) is -0.202. The van der Waals surface area contributed by atoms with Crippen LogP contribution in [0.5, 0.6) is 0 Å². The molecule has 0 aliphatic heterocycles. The second kappa shape index (κ2) is 4.23. The highest BCUT2D eigenvalue weighted by molar-refractivity contribution is 9.10. The predicted molar refractivity (Wildman–Crippen MR) is 61.9 cm³/mol. The first-order valence-corrected chi connectivity index (χ1v) is 6.97. The molecule has 0 fully saturated rings. The third-order valence-corrected chi connectivity index (χ3v) is 3.64. The van der Waals surface area contributed by atoms with Crippen molar-refractivity contribution < 1.29 is 8.42 Å². The van der Waals surface area contributed by atoms with E-state index < -0.39 is 10.0 Å². The van der Waals surface area contributed by atoms with Gasteiger partial charge in [-0.2, -0.15) is 5.10 Å². The summed E-state index contributed by atoms with van der Waals surface area (Å²) in [7, 11) is -3.53. The average molecular weight is 296 g/mol. The molecular weight excluding hydrogens is 282 g/mol. The van der Waals surface area contributed by atoms with Gasteiger partial charge in [-0.25, -0.2) is 13.6 Å². The van der Waals surface area contributed by atoms with Crippen LogP contribution in [0.25, 0.3) is 0 Å². The lowest BCUT2D eigenvalue weighted by Gasteiger charge is -2.10. The first-order chi connectivity index (χ1) is 6.72. The minimum Gasteiger partial charge on any atom is -0.265 e. The van der Waals surface area contributed by atoms with Gasteiger partial charge in [0.05, 0.1) is 15.9 Å². The Balaban J connectivity index is 3.26. The van der Waals surface area contributed by atoms with E-state index in [4.69, 9.17) is 5.14 Å². The minimum absolute atomic E-state index is 0.103. The van der Waals surface area contributed by atoms with Crippen LogP contribution in [0.15, 0.2) is 4.47 Å². The molecule has 5 nitrogen and oxygen atoms in total. The van der Waals surface area contributed by atoms with Crippen LogP contribution in [0.2, 0.25) is 0 Å². The van der Waals surface area contributed by atoms with Crippen molar-refractivity contribution in [1.29, 1.82) is 0 Å². The predicted octanol–water partition coefficient (Wildman–Crippen LogP) is 1.32. The van der Waals surface area contributed by atoms with E-state index in [-0.39, 0.29) is 11.8 Å². The molecule has 15 heavy (non-hydrogen) atoms. The molecule has 0 radical (unpaired) electrons. The summed E-state index contributed by atoms with van der Waals surface area (Å²) in [6.07, 6.45) is 0. The number of aromatic nitrogens is 2. The highest BCUT2D eigenvalue weighted by atomic mass is 79.9. The molecule has 0 unspecified atom stereocenters. The monoisotopic (exact) mass is 295 g/mol. The van der Waals surface area contributed by atoms with Crippen LogP contribution in [-0.2, 0) is 15.8 Å². The highest BCUT2D eigenvalue weighted by Crippen LogP contribution is 2.24. The molecular formula is C8H14BrN3O2S. The molecule has 0 saturated carbocycles. The molecule has 1 aromatic rings. The molecule has 0 spiro atoms. The quantitative estimate of drug-likeness (QED) is 0.913. The van der Waals surface area contributed by atoms with E-state index in [0.717, 1.165) is 5.69 Å². The maximum Gasteiger partial charge on any atom is 0.214 e. The second-order valence-electron chi connectivity index (χ2n) is 3.69. The van der Waals surface area contributed by atoms with Gasteiger partial charge in [-0.1, -0.05) is 0 Å². The Hall–Kier alpha value is -0.400. The summed E-state index contributed by atoms with van der Waals surface area (Å²) < 4.78 is 24.5. The van der Waals surface area contributed by atoms with Gasteiger partial charge in [0.1, 0.15) is 5.75 Å². The van der Waals surface area contributed by atoms with E-state index in [2.05, 4.69) is 21.0 Å². The Morgan fingerprint density at radius 2 is 2.07 bits per heavy atom. The van der Waals surface area contributed by atoms with Gasteiger partial charge in [0.25, 0.3) is 0 Å². The topological polar surface area (TPSA) is 78.0 Å². The van der Waals surface area contributed by atoms with Crippen molar-refractivity contribution in [3.8, 4) is 0 Å². The maximum atomic E-state index is 11.1. The smallest absolute Gasteiger partial charge is 0.214 e. The zero-order chi connectivity index (χ0) is 11.8. The Morgan fingerprint density at radius 1 is 1.53 bits per heavy atom. The second-order valence-corrected chi connectivity index (χ2v) is 6.10. The summed E-state index contributed by atoms with van der Waals surface area (Å²) in [6, 6.07) is 0.103. The molecule has 1 heterocycles. The fourth-order valence-corrected chi connectivity index (χ4v) is 2.57. The first-order valence-electron chi connectivity index (χ1n) is 4.46. The Labute approximate surface area is 97.8 Å². The zero-order valence-corrected chi connectivity index (χ0v) is 11.3. The van der Waals surface area contributed by atoms with Gasteiger partial charge in [-0.15, -0.1) is 0 Å². The van der Waals surface area contributed by atoms with E-state index >= 15 is 0 Å². The van der Waals surface area contributed by atoms with E-state index in [9.17, 15) is 8.42 Å². The highest BCUT2D eigenvalue weighted by Gasteiger charge is 2.18. The maximum absolute atomic E-state index is 11.1. The van der Waals surface area contributed by atoms with Gasteiger partial charge in [-0.3, -0.25) is 4.68 Å². The fourth-order valence-electron chi connectivity index (χ4n) is 1.32. The first kappa shape index (κ1) is 12.7. The Kier molecular flexibility index (Phi) is 3.57. The van der Waals surface area contributed by atoms with Crippen molar-refractivity contribution >= 4 is 26.0 Å². The number of rotatable bonds is 3. The van der Waals surface area contributed by atoms with Crippen LogP contribution >= 0.6 is 15.9 Å². The Bertz CT molecular complexity index is 464. The molecule has 0 amide bonds. The molecule has 0 bridgehead atoms. The lowest BCUT2D eigenvalue weighted by Crippen LogP contribution is -2.18. The van der Waals surface area contributed by atoms with Crippen molar-refractivity contribution in [3.63, 3.8) is 0 Å². The number of sulfonamides is 1. The fraction of sp³-hybridized carbons (Fsp3) is 0.625. The van der Waals surface area contributed by atoms with Gasteiger partial charge in [-0.05, 0) is 36.7 Å². The normalized spacial score (nSPS) is 12.4. The average Bonchev–Trinajstić information content (AvgIpc) is 2.30. The molecule has 1 rings (SSSR count). The Morgan fingerprint density at radius 3 is 2.47 bits per heavy atom. The summed E-state index contributed by atoms with van der Waals surface area (Å²) >= 11 is 3.32. The van der Waals surface area contributed by atoms with Crippen LogP contribution in [0.4, 0.5) is 0 Å². The lowest BCUT2D eigenvalue weighted by molar-refractivity contribution is 0.511. The van der Waals surface area contributed by atoms with E-state index in [1.54, 1.807) is 4.68 Å². The standard InChI is InChI=1S/C8H14BrN3O2S/c1-5(2)12-7(4-15(10,13)14)8(9)6(3)11-12/h5H,4H2,1-3H3,(H2,10,13,14). The van der Waals surface area contributed by atoms with Crippen LogP contribution in [0, 0.1) is 6.92 Å². The molecule has 0 aliphatic carbocycles. The third-order valence-electron chi connectivity index (χ3n) is 1.93. The van der Waals surface area contributed by atoms with Crippen LogP contribution < -0.4 is 5.14 Å². The third kappa shape index (κ3) is 3.02. The van der Waals surface area contributed by atoms with Crippen molar-refractivity contribution in [2.75, 3.05) is 0 Å². The van der Waals surface area contributed by atoms with E-state index in [1.165, 1.54) is 0 Å². The summed E-state index contributed by atoms with van der Waals surface area (Å²) in [5, 5.41) is 9.27. The van der Waals surface area contributed by atoms with Crippen molar-refractivity contribution in [1.82, 2.24) is 9.78 Å². The number of nitrogens with two attached hydrogens (primary N) is 1. The van der Waals surface area contributed by atoms with E-state index in [1.807, 2.05) is 20.8 Å². The van der Waals surface area contributed by atoms with Crippen LogP contribution in [0.1, 0.15) is 31.3 Å². The van der Waals surface area contributed by atoms with Crippen molar-refractivity contribution in [2.45, 2.75) is 32.6 Å². The molecule has 0 aliphatic rings. The van der Waals surface area contributed by atoms with Crippen molar-refractivity contribution in [3.05, 3.63) is 15.9 Å². The summed E-state index contributed by atoms with van der Waals surface area (Å²) in [5.41, 5.74) is 1.37. The molecule has 86 valence electrons. The molecule has 1 aromatic heterocycles. The number of hydrogen-bond donors (Lipinski definition) is 1. The van der Waals surface area contributed by atoms with Gasteiger partial charge >= 0.3 is 0 Å². The molecule has 0 atom stereocenters. The van der Waals surface area contributed by atoms with Gasteiger partial charge in [0, 0.05) is 6.04 Å². The van der Waals surface area contributed by atoms with Gasteiger partial charge in [0.15, 0.2) is 0 Å². The largest absolute Gasteiger partial charge is 0.265 e. The van der Waals surface area contributed by atoms with Crippen LogP contribution in [0.3, 0.4) is 0 Å². The summed E-state index contributed by atoms with van der Waals surface area (Å²) in [4.78, 5) is 0. The number of nitrogens with zero attached hydrogens (tertiary/aromatic N) is 2. The lowest BCUT2D eigenvalue weighted by atomic mass is 10.3. The molecule has 0 aromatic carbocycles. The van der Waals surface area contributed by atoms with Crippen LogP contribution in [-0.4, -0.2) is 18.2 Å². The molecule has 2 N–H and O–H groups in total. The number of halogens is 1. The molecule has 0 saturated heterocycles. The number of aryl methyl sites for hydroxylation is 1. The number of primary sulfonamides is 1. The van der Waals surface area contributed by atoms with Gasteiger partial charge in [0.2, 0.25) is 10.0 Å². The van der Waals surface area contributed by atoms with Gasteiger partial charge < -0.3 is 0 Å². The van der Waals surface area contributed by atoms with Crippen molar-refractivity contribution in [2.24, 2.45) is 5.14 Å².